The zero-order valence-electron chi connectivity index (χ0n) is 9.84. The molecule has 1 aromatic carbocycles. The van der Waals surface area contributed by atoms with Crippen LogP contribution in [0, 0.1) is 0 Å². The molecular formula is C13H21Cl2N. The molecule has 0 aliphatic carbocycles. The molecule has 0 radical (unpaired) electrons. The Balaban J connectivity index is 0.00000225. The highest BCUT2D eigenvalue weighted by Crippen LogP contribution is 2.14. The molecule has 0 fully saturated rings. The molecule has 1 N–H and O–H groups in total. The first-order valence-electron chi connectivity index (χ1n) is 5.78. The highest BCUT2D eigenvalue weighted by molar-refractivity contribution is 6.31. The third kappa shape index (κ3) is 6.37. The molecule has 0 aliphatic rings. The van der Waals surface area contributed by atoms with Crippen molar-refractivity contribution in [2.24, 2.45) is 0 Å². The second-order valence-corrected chi connectivity index (χ2v) is 4.24. The van der Waals surface area contributed by atoms with E-state index in [0.29, 0.717) is 0 Å². The van der Waals surface area contributed by atoms with Gasteiger partial charge in [0.15, 0.2) is 0 Å². The largest absolute Gasteiger partial charge is 0.313 e. The molecule has 1 nitrogen and oxygen atoms in total. The molecule has 0 bridgehead atoms. The maximum atomic E-state index is 6.05. The Morgan fingerprint density at radius 1 is 1.12 bits per heavy atom. The summed E-state index contributed by atoms with van der Waals surface area (Å²) in [6.07, 6.45) is 5.22. The van der Waals surface area contributed by atoms with Crippen LogP contribution >= 0.6 is 24.0 Å². The van der Waals surface area contributed by atoms with E-state index in [0.717, 1.165) is 18.1 Å². The van der Waals surface area contributed by atoms with Gasteiger partial charge in [-0.25, -0.2) is 0 Å². The Morgan fingerprint density at radius 2 is 1.88 bits per heavy atom. The lowest BCUT2D eigenvalue weighted by Crippen LogP contribution is -2.14. The molecule has 0 saturated heterocycles. The zero-order valence-corrected chi connectivity index (χ0v) is 11.4. The van der Waals surface area contributed by atoms with Crippen LogP contribution in [0.25, 0.3) is 0 Å². The van der Waals surface area contributed by atoms with Crippen LogP contribution in [0.2, 0.25) is 5.02 Å². The van der Waals surface area contributed by atoms with E-state index in [-0.39, 0.29) is 12.4 Å². The van der Waals surface area contributed by atoms with Crippen molar-refractivity contribution < 1.29 is 0 Å². The number of halogens is 2. The number of unbranched alkanes of at least 4 members (excludes halogenated alkanes) is 3. The zero-order chi connectivity index (χ0) is 10.9. The smallest absolute Gasteiger partial charge is 0.0450 e. The predicted octanol–water partition coefficient (Wildman–Crippen LogP) is 4.43. The van der Waals surface area contributed by atoms with E-state index in [9.17, 15) is 0 Å². The van der Waals surface area contributed by atoms with Gasteiger partial charge in [-0.1, -0.05) is 56.0 Å². The summed E-state index contributed by atoms with van der Waals surface area (Å²) >= 11 is 6.05. The molecule has 0 atom stereocenters. The van der Waals surface area contributed by atoms with Crippen molar-refractivity contribution in [2.45, 2.75) is 39.2 Å². The number of hydrogen-bond acceptors (Lipinski definition) is 1. The standard InChI is InChI=1S/C13H20ClN.ClH/c1-2-3-4-7-10-15-11-12-8-5-6-9-13(12)14;/h5-6,8-9,15H,2-4,7,10-11H2,1H3;1H. The Morgan fingerprint density at radius 3 is 2.56 bits per heavy atom. The molecule has 0 saturated carbocycles. The lowest BCUT2D eigenvalue weighted by Gasteiger charge is -2.06. The molecule has 1 aromatic rings. The van der Waals surface area contributed by atoms with Gasteiger partial charge < -0.3 is 5.32 Å². The van der Waals surface area contributed by atoms with Crippen molar-refractivity contribution >= 4 is 24.0 Å². The van der Waals surface area contributed by atoms with E-state index >= 15 is 0 Å². The maximum absolute atomic E-state index is 6.05. The van der Waals surface area contributed by atoms with Crippen LogP contribution in [0.1, 0.15) is 38.2 Å². The molecule has 0 unspecified atom stereocenters. The van der Waals surface area contributed by atoms with Gasteiger partial charge in [-0.3, -0.25) is 0 Å². The van der Waals surface area contributed by atoms with E-state index in [1.807, 2.05) is 18.2 Å². The normalized spacial score (nSPS) is 9.88. The second kappa shape index (κ2) is 9.95. The van der Waals surface area contributed by atoms with Crippen LogP contribution < -0.4 is 5.32 Å². The number of rotatable bonds is 7. The lowest BCUT2D eigenvalue weighted by molar-refractivity contribution is 0.598. The molecule has 0 amide bonds. The van der Waals surface area contributed by atoms with Gasteiger partial charge in [0.25, 0.3) is 0 Å². The fraction of sp³-hybridized carbons (Fsp3) is 0.538. The molecule has 92 valence electrons. The molecular weight excluding hydrogens is 241 g/mol. The predicted molar refractivity (Wildman–Crippen MR) is 74.5 cm³/mol. The first-order chi connectivity index (χ1) is 7.34. The SMILES string of the molecule is CCCCCCNCc1ccccc1Cl.Cl. The van der Waals surface area contributed by atoms with Crippen LogP contribution in [-0.2, 0) is 6.54 Å². The van der Waals surface area contributed by atoms with Crippen LogP contribution in [0.3, 0.4) is 0 Å². The topological polar surface area (TPSA) is 12.0 Å². The van der Waals surface area contributed by atoms with Gasteiger partial charge in [-0.15, -0.1) is 12.4 Å². The molecule has 0 spiro atoms. The van der Waals surface area contributed by atoms with Crippen molar-refractivity contribution in [3.8, 4) is 0 Å². The van der Waals surface area contributed by atoms with Gasteiger partial charge >= 0.3 is 0 Å². The molecule has 0 heterocycles. The van der Waals surface area contributed by atoms with Gasteiger partial charge in [0.2, 0.25) is 0 Å². The highest BCUT2D eigenvalue weighted by atomic mass is 35.5. The Kier molecular flexibility index (Phi) is 9.80. The molecule has 1 rings (SSSR count). The minimum Gasteiger partial charge on any atom is -0.313 e. The van der Waals surface area contributed by atoms with Crippen molar-refractivity contribution in [3.63, 3.8) is 0 Å². The first kappa shape index (κ1) is 15.8. The van der Waals surface area contributed by atoms with E-state index in [2.05, 4.69) is 18.3 Å². The van der Waals surface area contributed by atoms with Gasteiger partial charge in [0.1, 0.15) is 0 Å². The van der Waals surface area contributed by atoms with E-state index in [1.54, 1.807) is 0 Å². The quantitative estimate of drug-likeness (QED) is 0.717. The summed E-state index contributed by atoms with van der Waals surface area (Å²) in [6, 6.07) is 8.00. The highest BCUT2D eigenvalue weighted by Gasteiger charge is 1.97. The fourth-order valence-corrected chi connectivity index (χ4v) is 1.74. The van der Waals surface area contributed by atoms with Crippen molar-refractivity contribution in [1.82, 2.24) is 5.32 Å². The maximum Gasteiger partial charge on any atom is 0.0450 e. The number of benzene rings is 1. The van der Waals surface area contributed by atoms with Crippen LogP contribution in [0.4, 0.5) is 0 Å². The van der Waals surface area contributed by atoms with Crippen molar-refractivity contribution in [3.05, 3.63) is 34.9 Å². The average molecular weight is 262 g/mol. The summed E-state index contributed by atoms with van der Waals surface area (Å²) in [5, 5.41) is 4.28. The Labute approximate surface area is 110 Å². The summed E-state index contributed by atoms with van der Waals surface area (Å²) in [5.41, 5.74) is 1.19. The van der Waals surface area contributed by atoms with E-state index in [1.165, 1.54) is 31.2 Å². The molecule has 0 aliphatic heterocycles. The van der Waals surface area contributed by atoms with E-state index in [4.69, 9.17) is 11.6 Å². The number of nitrogens with one attached hydrogen (secondary N) is 1. The van der Waals surface area contributed by atoms with Crippen LogP contribution in [0.15, 0.2) is 24.3 Å². The monoisotopic (exact) mass is 261 g/mol. The van der Waals surface area contributed by atoms with Gasteiger partial charge in [0, 0.05) is 11.6 Å². The third-order valence-electron chi connectivity index (χ3n) is 2.48. The van der Waals surface area contributed by atoms with E-state index < -0.39 is 0 Å². The summed E-state index contributed by atoms with van der Waals surface area (Å²) in [7, 11) is 0. The van der Waals surface area contributed by atoms with Gasteiger partial charge in [-0.05, 0) is 24.6 Å². The first-order valence-corrected chi connectivity index (χ1v) is 6.16. The summed E-state index contributed by atoms with van der Waals surface area (Å²) in [6.45, 7) is 4.20. The molecule has 3 heteroatoms. The minimum atomic E-state index is 0. The van der Waals surface area contributed by atoms with Crippen molar-refractivity contribution in [2.75, 3.05) is 6.54 Å². The van der Waals surface area contributed by atoms with Gasteiger partial charge in [-0.2, -0.15) is 0 Å². The van der Waals surface area contributed by atoms with Crippen LogP contribution in [-0.4, -0.2) is 6.54 Å². The third-order valence-corrected chi connectivity index (χ3v) is 2.85. The number of hydrogen-bond donors (Lipinski definition) is 1. The molecule has 0 aromatic heterocycles. The second-order valence-electron chi connectivity index (χ2n) is 3.83. The Hall–Kier alpha value is -0.240. The van der Waals surface area contributed by atoms with Crippen molar-refractivity contribution in [1.29, 1.82) is 0 Å². The van der Waals surface area contributed by atoms with Crippen LogP contribution in [0.5, 0.6) is 0 Å². The summed E-state index contributed by atoms with van der Waals surface area (Å²) < 4.78 is 0. The average Bonchev–Trinajstić information content (AvgIpc) is 2.25. The lowest BCUT2D eigenvalue weighted by atomic mass is 10.2. The summed E-state index contributed by atoms with van der Waals surface area (Å²) in [4.78, 5) is 0. The molecule has 16 heavy (non-hydrogen) atoms. The van der Waals surface area contributed by atoms with Gasteiger partial charge in [0.05, 0.1) is 0 Å². The minimum absolute atomic E-state index is 0. The summed E-state index contributed by atoms with van der Waals surface area (Å²) in [5.74, 6) is 0. The Bertz CT molecular complexity index is 276. The fourth-order valence-electron chi connectivity index (χ4n) is 1.54.